The number of carbonyl (C=O) groups excluding carboxylic acids is 1. The van der Waals surface area contributed by atoms with Crippen molar-refractivity contribution in [3.05, 3.63) is 29.8 Å². The second-order valence-electron chi connectivity index (χ2n) is 8.48. The molecule has 0 saturated carbocycles. The molecule has 0 aromatic heterocycles. The Balaban J connectivity index is 2.34. The molecule has 2 N–H and O–H groups in total. The highest BCUT2D eigenvalue weighted by molar-refractivity contribution is 7.46. The van der Waals surface area contributed by atoms with Crippen LogP contribution in [0.1, 0.15) is 84.1 Å². The Hall–Kier alpha value is -1.40. The summed E-state index contributed by atoms with van der Waals surface area (Å²) < 4.78 is 21.2. The summed E-state index contributed by atoms with van der Waals surface area (Å²) in [6, 6.07) is 7.76. The van der Waals surface area contributed by atoms with Crippen LogP contribution in [0.15, 0.2) is 24.3 Å². The molecule has 0 saturated heterocycles. The van der Waals surface area contributed by atoms with Crippen molar-refractivity contribution < 1.29 is 28.4 Å². The van der Waals surface area contributed by atoms with Gasteiger partial charge in [-0.15, -0.1) is 0 Å². The first kappa shape index (κ1) is 28.6. The number of phosphoric acid groups is 1. The first-order chi connectivity index (χ1) is 15.2. The maximum Gasteiger partial charge on any atom is 0.469 e. The van der Waals surface area contributed by atoms with Gasteiger partial charge in [0.2, 0.25) is 5.91 Å². The minimum absolute atomic E-state index is 0.0698. The summed E-state index contributed by atoms with van der Waals surface area (Å²) >= 11 is 0. The third kappa shape index (κ3) is 13.9. The van der Waals surface area contributed by atoms with Crippen LogP contribution in [0.4, 0.5) is 0 Å². The number of hydrogen-bond donors (Lipinski definition) is 2. The molecule has 0 heterocycles. The van der Waals surface area contributed by atoms with Crippen molar-refractivity contribution in [2.75, 3.05) is 19.8 Å². The third-order valence-electron chi connectivity index (χ3n) is 5.33. The van der Waals surface area contributed by atoms with Crippen LogP contribution in [-0.4, -0.2) is 46.4 Å². The van der Waals surface area contributed by atoms with E-state index in [9.17, 15) is 9.36 Å². The van der Waals surface area contributed by atoms with E-state index in [4.69, 9.17) is 14.5 Å². The third-order valence-corrected chi connectivity index (χ3v) is 5.85. The van der Waals surface area contributed by atoms with Crippen LogP contribution in [-0.2, 0) is 20.3 Å². The van der Waals surface area contributed by atoms with E-state index in [-0.39, 0.29) is 25.1 Å². The molecule has 0 aliphatic carbocycles. The van der Waals surface area contributed by atoms with E-state index in [1.807, 2.05) is 38.1 Å². The standard InChI is InChI=1S/C24H42NO6P/c1-4-5-6-7-8-9-10-11-18-30-23-14-12-13-22(20-23)15-16-24(26)25(21(2)3)17-19-31-32(27,28)29/h12-14,20-21H,4-11,15-19H2,1-3H3,(H2,27,28,29). The molecule has 7 nitrogen and oxygen atoms in total. The van der Waals surface area contributed by atoms with Gasteiger partial charge in [-0.1, -0.05) is 64.0 Å². The van der Waals surface area contributed by atoms with Crippen molar-refractivity contribution in [2.24, 2.45) is 0 Å². The summed E-state index contributed by atoms with van der Waals surface area (Å²) in [5.74, 6) is 0.758. The van der Waals surface area contributed by atoms with Gasteiger partial charge < -0.3 is 19.4 Å². The molecule has 0 unspecified atom stereocenters. The average Bonchev–Trinajstić information content (AvgIpc) is 2.73. The van der Waals surface area contributed by atoms with Crippen LogP contribution in [0.3, 0.4) is 0 Å². The molecular weight excluding hydrogens is 429 g/mol. The monoisotopic (exact) mass is 471 g/mol. The van der Waals surface area contributed by atoms with Crippen molar-refractivity contribution in [1.29, 1.82) is 0 Å². The summed E-state index contributed by atoms with van der Waals surface area (Å²) in [5.41, 5.74) is 1.03. The molecular formula is C24H42NO6P. The Morgan fingerprint density at radius 1 is 1.03 bits per heavy atom. The largest absolute Gasteiger partial charge is 0.494 e. The predicted octanol–water partition coefficient (Wildman–Crippen LogP) is 5.49. The van der Waals surface area contributed by atoms with Crippen molar-refractivity contribution >= 4 is 13.7 Å². The molecule has 1 amide bonds. The Kier molecular flexibility index (Phi) is 14.5. The van der Waals surface area contributed by atoms with Gasteiger partial charge in [-0.05, 0) is 44.4 Å². The molecule has 0 bridgehead atoms. The lowest BCUT2D eigenvalue weighted by atomic mass is 10.1. The van der Waals surface area contributed by atoms with Crippen LogP contribution in [0.2, 0.25) is 0 Å². The second kappa shape index (κ2) is 16.2. The fourth-order valence-electron chi connectivity index (χ4n) is 3.54. The molecule has 0 aliphatic heterocycles. The molecule has 0 spiro atoms. The number of phosphoric ester groups is 1. The van der Waals surface area contributed by atoms with Gasteiger partial charge >= 0.3 is 7.82 Å². The Morgan fingerprint density at radius 2 is 1.69 bits per heavy atom. The fraction of sp³-hybridized carbons (Fsp3) is 0.708. The number of aryl methyl sites for hydroxylation is 1. The average molecular weight is 472 g/mol. The van der Waals surface area contributed by atoms with E-state index in [2.05, 4.69) is 11.4 Å². The molecule has 0 fully saturated rings. The maximum absolute atomic E-state index is 12.6. The lowest BCUT2D eigenvalue weighted by Gasteiger charge is -2.26. The van der Waals surface area contributed by atoms with Crippen LogP contribution in [0.5, 0.6) is 5.75 Å². The Labute approximate surface area is 193 Å². The zero-order valence-electron chi connectivity index (χ0n) is 20.0. The number of hydrogen-bond acceptors (Lipinski definition) is 4. The molecule has 1 rings (SSSR count). The number of ether oxygens (including phenoxy) is 1. The highest BCUT2D eigenvalue weighted by atomic mass is 31.2. The van der Waals surface area contributed by atoms with Crippen LogP contribution < -0.4 is 4.74 Å². The lowest BCUT2D eigenvalue weighted by Crippen LogP contribution is -2.39. The van der Waals surface area contributed by atoms with Gasteiger partial charge in [-0.25, -0.2) is 4.57 Å². The minimum atomic E-state index is -4.53. The number of nitrogens with zero attached hydrogens (tertiary/aromatic N) is 1. The first-order valence-corrected chi connectivity index (χ1v) is 13.5. The molecule has 8 heteroatoms. The molecule has 0 atom stereocenters. The van der Waals surface area contributed by atoms with Crippen molar-refractivity contribution in [3.8, 4) is 5.75 Å². The van der Waals surface area contributed by atoms with Crippen LogP contribution in [0.25, 0.3) is 0 Å². The zero-order valence-corrected chi connectivity index (χ0v) is 20.9. The van der Waals surface area contributed by atoms with Crippen molar-refractivity contribution in [1.82, 2.24) is 4.90 Å². The summed E-state index contributed by atoms with van der Waals surface area (Å²) in [5, 5.41) is 0. The van der Waals surface area contributed by atoms with E-state index < -0.39 is 7.82 Å². The van der Waals surface area contributed by atoms with Gasteiger partial charge in [0, 0.05) is 19.0 Å². The molecule has 184 valence electrons. The van der Waals surface area contributed by atoms with Gasteiger partial charge in [0.15, 0.2) is 0 Å². The van der Waals surface area contributed by atoms with E-state index in [0.29, 0.717) is 19.4 Å². The number of unbranched alkanes of at least 4 members (excludes halogenated alkanes) is 7. The summed E-state index contributed by atoms with van der Waals surface area (Å²) in [4.78, 5) is 31.8. The zero-order chi connectivity index (χ0) is 23.8. The van der Waals surface area contributed by atoms with E-state index >= 15 is 0 Å². The first-order valence-electron chi connectivity index (χ1n) is 11.9. The number of rotatable bonds is 18. The van der Waals surface area contributed by atoms with Crippen molar-refractivity contribution in [2.45, 2.75) is 91.0 Å². The lowest BCUT2D eigenvalue weighted by molar-refractivity contribution is -0.133. The predicted molar refractivity (Wildman–Crippen MR) is 128 cm³/mol. The second-order valence-corrected chi connectivity index (χ2v) is 9.71. The van der Waals surface area contributed by atoms with Gasteiger partial charge in [0.05, 0.1) is 13.2 Å². The van der Waals surface area contributed by atoms with Gasteiger partial charge in [-0.3, -0.25) is 9.32 Å². The van der Waals surface area contributed by atoms with Crippen LogP contribution >= 0.6 is 7.82 Å². The molecule has 0 radical (unpaired) electrons. The van der Waals surface area contributed by atoms with Gasteiger partial charge in [0.1, 0.15) is 5.75 Å². The smallest absolute Gasteiger partial charge is 0.469 e. The topological polar surface area (TPSA) is 96.3 Å². The summed E-state index contributed by atoms with van der Waals surface area (Å²) in [7, 11) is -4.53. The molecule has 1 aromatic rings. The number of carbonyl (C=O) groups is 1. The van der Waals surface area contributed by atoms with Crippen molar-refractivity contribution in [3.63, 3.8) is 0 Å². The fourth-order valence-corrected chi connectivity index (χ4v) is 3.86. The molecule has 1 aromatic carbocycles. The highest BCUT2D eigenvalue weighted by Gasteiger charge is 2.19. The normalized spacial score (nSPS) is 11.7. The number of benzene rings is 1. The quantitative estimate of drug-likeness (QED) is 0.217. The van der Waals surface area contributed by atoms with Gasteiger partial charge in [0.25, 0.3) is 0 Å². The van der Waals surface area contributed by atoms with E-state index in [0.717, 1.165) is 17.7 Å². The number of amides is 1. The molecule has 32 heavy (non-hydrogen) atoms. The SMILES string of the molecule is CCCCCCCCCCOc1cccc(CCC(=O)N(CCOP(=O)(O)O)C(C)C)c1. The summed E-state index contributed by atoms with van der Waals surface area (Å²) in [6.07, 6.45) is 11.0. The Bertz CT molecular complexity index is 691. The highest BCUT2D eigenvalue weighted by Crippen LogP contribution is 2.35. The van der Waals surface area contributed by atoms with E-state index in [1.54, 1.807) is 4.90 Å². The Morgan fingerprint density at radius 3 is 2.31 bits per heavy atom. The van der Waals surface area contributed by atoms with Gasteiger partial charge in [-0.2, -0.15) is 0 Å². The molecule has 0 aliphatic rings. The van der Waals surface area contributed by atoms with E-state index in [1.165, 1.54) is 44.9 Å². The maximum atomic E-state index is 12.6. The minimum Gasteiger partial charge on any atom is -0.494 e. The van der Waals surface area contributed by atoms with Crippen LogP contribution in [0, 0.1) is 0 Å². The summed E-state index contributed by atoms with van der Waals surface area (Å²) in [6.45, 7) is 6.63.